The van der Waals surface area contributed by atoms with Gasteiger partial charge in [0.05, 0.1) is 7.11 Å². The summed E-state index contributed by atoms with van der Waals surface area (Å²) in [6.45, 7) is 1.87. The molecule has 2 rings (SSSR count). The molecule has 0 bridgehead atoms. The zero-order valence-electron chi connectivity index (χ0n) is 10.8. The fraction of sp³-hybridized carbons (Fsp3) is 0.133. The monoisotopic (exact) mass is 254 g/mol. The van der Waals surface area contributed by atoms with Gasteiger partial charge in [-0.15, -0.1) is 0 Å². The van der Waals surface area contributed by atoms with Crippen LogP contribution in [0.15, 0.2) is 49.1 Å². The molecule has 96 valence electrons. The number of allylic oxidation sites excluding steroid dienone is 1. The van der Waals surface area contributed by atoms with Gasteiger partial charge in [-0.05, 0) is 23.6 Å². The number of aromatic nitrogens is 2. The Bertz CT molecular complexity index is 589. The van der Waals surface area contributed by atoms with Gasteiger partial charge < -0.3 is 4.74 Å². The van der Waals surface area contributed by atoms with Crippen molar-refractivity contribution in [3.63, 3.8) is 0 Å². The van der Waals surface area contributed by atoms with E-state index in [1.807, 2.05) is 31.2 Å². The molecule has 1 aromatic carbocycles. The zero-order valence-corrected chi connectivity index (χ0v) is 10.8. The van der Waals surface area contributed by atoms with Gasteiger partial charge in [0.25, 0.3) is 0 Å². The first-order valence-electron chi connectivity index (χ1n) is 5.83. The molecule has 0 saturated carbocycles. The Hall–Kier alpha value is -2.49. The Morgan fingerprint density at radius 2 is 1.74 bits per heavy atom. The predicted octanol–water partition coefficient (Wildman–Crippen LogP) is 2.72. The van der Waals surface area contributed by atoms with Gasteiger partial charge in [0, 0.05) is 24.0 Å². The molecule has 1 heterocycles. The largest absolute Gasteiger partial charge is 0.466 e. The van der Waals surface area contributed by atoms with Crippen molar-refractivity contribution in [3.05, 3.63) is 54.6 Å². The fourth-order valence-corrected chi connectivity index (χ4v) is 1.69. The summed E-state index contributed by atoms with van der Waals surface area (Å²) in [5.74, 6) is -0.349. The second-order valence-electron chi connectivity index (χ2n) is 4.06. The minimum Gasteiger partial charge on any atom is -0.466 e. The standard InChI is InChI=1S/C15H14N2O2/c1-11(7-15(18)19-2)12-3-5-13(6-4-12)14-8-16-10-17-9-14/h3-10H,1-2H3/b11-7+. The van der Waals surface area contributed by atoms with Crippen molar-refractivity contribution in [2.75, 3.05) is 7.11 Å². The molecule has 0 unspecified atom stereocenters. The molecule has 4 nitrogen and oxygen atoms in total. The molecule has 0 fully saturated rings. The summed E-state index contributed by atoms with van der Waals surface area (Å²) in [5.41, 5.74) is 3.84. The third-order valence-corrected chi connectivity index (χ3v) is 2.77. The molecule has 0 aliphatic rings. The maximum Gasteiger partial charge on any atom is 0.330 e. The highest BCUT2D eigenvalue weighted by atomic mass is 16.5. The Labute approximate surface area is 111 Å². The summed E-state index contributed by atoms with van der Waals surface area (Å²) in [5, 5.41) is 0. The van der Waals surface area contributed by atoms with Crippen LogP contribution in [0.25, 0.3) is 16.7 Å². The van der Waals surface area contributed by atoms with Gasteiger partial charge in [0.1, 0.15) is 6.33 Å². The average molecular weight is 254 g/mol. The molecule has 0 spiro atoms. The summed E-state index contributed by atoms with van der Waals surface area (Å²) in [6.07, 6.45) is 6.50. The molecule has 0 N–H and O–H groups in total. The molecule has 0 saturated heterocycles. The van der Waals surface area contributed by atoms with E-state index in [0.717, 1.165) is 22.3 Å². The minimum absolute atomic E-state index is 0.349. The number of benzene rings is 1. The second kappa shape index (κ2) is 5.91. The molecule has 2 aromatic rings. The lowest BCUT2D eigenvalue weighted by Gasteiger charge is -2.04. The molecule has 1 aromatic heterocycles. The highest BCUT2D eigenvalue weighted by Crippen LogP contribution is 2.21. The Kier molecular flexibility index (Phi) is 4.03. The summed E-state index contributed by atoms with van der Waals surface area (Å²) < 4.78 is 4.60. The van der Waals surface area contributed by atoms with E-state index in [0.29, 0.717) is 0 Å². The molecular formula is C15H14N2O2. The first-order chi connectivity index (χ1) is 9.20. The number of carbonyl (C=O) groups excluding carboxylic acids is 1. The molecule has 0 radical (unpaired) electrons. The molecule has 4 heteroatoms. The van der Waals surface area contributed by atoms with E-state index in [2.05, 4.69) is 14.7 Å². The lowest BCUT2D eigenvalue weighted by atomic mass is 10.0. The van der Waals surface area contributed by atoms with Crippen molar-refractivity contribution in [1.82, 2.24) is 9.97 Å². The van der Waals surface area contributed by atoms with Gasteiger partial charge in [-0.1, -0.05) is 24.3 Å². The average Bonchev–Trinajstić information content (AvgIpc) is 2.48. The number of rotatable bonds is 3. The third-order valence-electron chi connectivity index (χ3n) is 2.77. The first kappa shape index (κ1) is 13.0. The van der Waals surface area contributed by atoms with E-state index in [1.165, 1.54) is 19.5 Å². The fourth-order valence-electron chi connectivity index (χ4n) is 1.69. The van der Waals surface area contributed by atoms with Crippen molar-refractivity contribution in [2.24, 2.45) is 0 Å². The van der Waals surface area contributed by atoms with Gasteiger partial charge in [0.15, 0.2) is 0 Å². The van der Waals surface area contributed by atoms with Crippen LogP contribution in [0, 0.1) is 0 Å². The maximum absolute atomic E-state index is 11.2. The Balaban J connectivity index is 2.24. The van der Waals surface area contributed by atoms with Crippen LogP contribution in [-0.4, -0.2) is 23.0 Å². The van der Waals surface area contributed by atoms with Crippen LogP contribution < -0.4 is 0 Å². The number of esters is 1. The highest BCUT2D eigenvalue weighted by molar-refractivity contribution is 5.90. The van der Waals surface area contributed by atoms with Crippen molar-refractivity contribution in [3.8, 4) is 11.1 Å². The zero-order chi connectivity index (χ0) is 13.7. The van der Waals surface area contributed by atoms with Crippen molar-refractivity contribution >= 4 is 11.5 Å². The third kappa shape index (κ3) is 3.25. The minimum atomic E-state index is -0.349. The van der Waals surface area contributed by atoms with Crippen molar-refractivity contribution < 1.29 is 9.53 Å². The summed E-state index contributed by atoms with van der Waals surface area (Å²) >= 11 is 0. The molecule has 0 atom stereocenters. The van der Waals surface area contributed by atoms with E-state index in [1.54, 1.807) is 12.4 Å². The maximum atomic E-state index is 11.2. The molecular weight excluding hydrogens is 240 g/mol. The van der Waals surface area contributed by atoms with Crippen LogP contribution in [0.2, 0.25) is 0 Å². The number of ether oxygens (including phenoxy) is 1. The van der Waals surface area contributed by atoms with Gasteiger partial charge in [-0.2, -0.15) is 0 Å². The summed E-state index contributed by atoms with van der Waals surface area (Å²) in [7, 11) is 1.37. The van der Waals surface area contributed by atoms with Crippen LogP contribution in [0.5, 0.6) is 0 Å². The number of nitrogens with zero attached hydrogens (tertiary/aromatic N) is 2. The van der Waals surface area contributed by atoms with E-state index in [9.17, 15) is 4.79 Å². The lowest BCUT2D eigenvalue weighted by Crippen LogP contribution is -1.95. The Morgan fingerprint density at radius 1 is 1.11 bits per heavy atom. The van der Waals surface area contributed by atoms with Gasteiger partial charge in [-0.25, -0.2) is 14.8 Å². The number of carbonyl (C=O) groups is 1. The highest BCUT2D eigenvalue weighted by Gasteiger charge is 2.02. The van der Waals surface area contributed by atoms with Crippen LogP contribution in [-0.2, 0) is 9.53 Å². The first-order valence-corrected chi connectivity index (χ1v) is 5.83. The van der Waals surface area contributed by atoms with E-state index in [4.69, 9.17) is 0 Å². The molecule has 0 aliphatic carbocycles. The van der Waals surface area contributed by atoms with E-state index >= 15 is 0 Å². The van der Waals surface area contributed by atoms with Gasteiger partial charge in [0.2, 0.25) is 0 Å². The number of hydrogen-bond acceptors (Lipinski definition) is 4. The normalized spacial score (nSPS) is 11.2. The molecule has 19 heavy (non-hydrogen) atoms. The van der Waals surface area contributed by atoms with E-state index in [-0.39, 0.29) is 5.97 Å². The Morgan fingerprint density at radius 3 is 2.32 bits per heavy atom. The summed E-state index contributed by atoms with van der Waals surface area (Å²) in [6, 6.07) is 7.86. The summed E-state index contributed by atoms with van der Waals surface area (Å²) in [4.78, 5) is 19.1. The topological polar surface area (TPSA) is 52.1 Å². The van der Waals surface area contributed by atoms with Crippen LogP contribution >= 0.6 is 0 Å². The number of hydrogen-bond donors (Lipinski definition) is 0. The van der Waals surface area contributed by atoms with Crippen molar-refractivity contribution in [2.45, 2.75) is 6.92 Å². The number of methoxy groups -OCH3 is 1. The van der Waals surface area contributed by atoms with Crippen LogP contribution in [0.4, 0.5) is 0 Å². The van der Waals surface area contributed by atoms with Crippen molar-refractivity contribution in [1.29, 1.82) is 0 Å². The smallest absolute Gasteiger partial charge is 0.330 e. The van der Waals surface area contributed by atoms with Gasteiger partial charge in [-0.3, -0.25) is 0 Å². The quantitative estimate of drug-likeness (QED) is 0.624. The van der Waals surface area contributed by atoms with Gasteiger partial charge >= 0.3 is 5.97 Å². The van der Waals surface area contributed by atoms with Crippen LogP contribution in [0.3, 0.4) is 0 Å². The predicted molar refractivity (Wildman–Crippen MR) is 73.1 cm³/mol. The van der Waals surface area contributed by atoms with E-state index < -0.39 is 0 Å². The lowest BCUT2D eigenvalue weighted by molar-refractivity contribution is -0.134. The SMILES string of the molecule is COC(=O)/C=C(\C)c1ccc(-c2cncnc2)cc1. The second-order valence-corrected chi connectivity index (χ2v) is 4.06. The molecule has 0 aliphatic heterocycles. The molecule has 0 amide bonds. The van der Waals surface area contributed by atoms with Crippen LogP contribution in [0.1, 0.15) is 12.5 Å².